The Morgan fingerprint density at radius 3 is 2.67 bits per heavy atom. The van der Waals surface area contributed by atoms with E-state index in [0.29, 0.717) is 12.5 Å². The van der Waals surface area contributed by atoms with E-state index in [1.165, 1.54) is 6.33 Å². The Morgan fingerprint density at radius 2 is 2.06 bits per heavy atom. The van der Waals surface area contributed by atoms with Crippen LogP contribution in [0.25, 0.3) is 0 Å². The lowest BCUT2D eigenvalue weighted by Crippen LogP contribution is -2.34. The van der Waals surface area contributed by atoms with Gasteiger partial charge in [0.1, 0.15) is 12.1 Å². The highest BCUT2D eigenvalue weighted by molar-refractivity contribution is 5.37. The van der Waals surface area contributed by atoms with Crippen molar-refractivity contribution in [1.82, 2.24) is 14.9 Å². The predicted octanol–water partition coefficient (Wildman–Crippen LogP) is 1.87. The van der Waals surface area contributed by atoms with Crippen LogP contribution in [0, 0.1) is 5.41 Å². The van der Waals surface area contributed by atoms with Gasteiger partial charge in [0.15, 0.2) is 0 Å². The molecule has 1 aromatic rings. The van der Waals surface area contributed by atoms with Gasteiger partial charge in [-0.2, -0.15) is 0 Å². The van der Waals surface area contributed by atoms with Crippen molar-refractivity contribution in [2.75, 3.05) is 39.1 Å². The van der Waals surface area contributed by atoms with Crippen molar-refractivity contribution < 1.29 is 4.74 Å². The zero-order valence-electron chi connectivity index (χ0n) is 12.0. The van der Waals surface area contributed by atoms with Gasteiger partial charge in [-0.3, -0.25) is 0 Å². The van der Waals surface area contributed by atoms with Crippen LogP contribution >= 0.6 is 0 Å². The van der Waals surface area contributed by atoms with E-state index >= 15 is 0 Å². The van der Waals surface area contributed by atoms with Gasteiger partial charge in [0.25, 0.3) is 0 Å². The van der Waals surface area contributed by atoms with E-state index < -0.39 is 0 Å². The Kier molecular flexibility index (Phi) is 5.34. The second-order valence-electron chi connectivity index (χ2n) is 5.43. The molecule has 0 aliphatic rings. The SMILES string of the molecule is CCOc1cc(NCC(C)(C)CN(C)C)ncn1. The van der Waals surface area contributed by atoms with Gasteiger partial charge in [-0.25, -0.2) is 9.97 Å². The number of aromatic nitrogens is 2. The fourth-order valence-corrected chi connectivity index (χ4v) is 1.90. The molecule has 102 valence electrons. The van der Waals surface area contributed by atoms with Gasteiger partial charge in [-0.05, 0) is 26.4 Å². The Bertz CT molecular complexity index is 366. The highest BCUT2D eigenvalue weighted by Crippen LogP contribution is 2.18. The number of nitrogens with zero attached hydrogens (tertiary/aromatic N) is 3. The third kappa shape index (κ3) is 5.31. The molecule has 0 aliphatic heterocycles. The second kappa shape index (κ2) is 6.54. The van der Waals surface area contributed by atoms with Crippen molar-refractivity contribution >= 4 is 5.82 Å². The smallest absolute Gasteiger partial charge is 0.218 e. The zero-order chi connectivity index (χ0) is 13.6. The molecule has 5 heteroatoms. The van der Waals surface area contributed by atoms with Gasteiger partial charge in [0.2, 0.25) is 5.88 Å². The molecule has 0 aliphatic carbocycles. The molecular formula is C13H24N4O. The molecule has 0 unspecified atom stereocenters. The molecule has 1 N–H and O–H groups in total. The molecule has 1 aromatic heterocycles. The van der Waals surface area contributed by atoms with Crippen LogP contribution in [-0.4, -0.2) is 48.7 Å². The molecule has 0 bridgehead atoms. The summed E-state index contributed by atoms with van der Waals surface area (Å²) in [5.74, 6) is 1.42. The maximum Gasteiger partial charge on any atom is 0.218 e. The minimum atomic E-state index is 0.181. The van der Waals surface area contributed by atoms with E-state index in [4.69, 9.17) is 4.74 Å². The molecule has 1 rings (SSSR count). The van der Waals surface area contributed by atoms with Crippen LogP contribution < -0.4 is 10.1 Å². The van der Waals surface area contributed by atoms with Crippen LogP contribution in [0.3, 0.4) is 0 Å². The van der Waals surface area contributed by atoms with Crippen LogP contribution in [0.1, 0.15) is 20.8 Å². The van der Waals surface area contributed by atoms with E-state index in [9.17, 15) is 0 Å². The zero-order valence-corrected chi connectivity index (χ0v) is 12.0. The van der Waals surface area contributed by atoms with Crippen molar-refractivity contribution in [1.29, 1.82) is 0 Å². The highest BCUT2D eigenvalue weighted by atomic mass is 16.5. The lowest BCUT2D eigenvalue weighted by molar-refractivity contribution is 0.254. The average molecular weight is 252 g/mol. The van der Waals surface area contributed by atoms with Crippen molar-refractivity contribution in [3.63, 3.8) is 0 Å². The molecular weight excluding hydrogens is 228 g/mol. The number of nitrogens with one attached hydrogen (secondary N) is 1. The number of ether oxygens (including phenoxy) is 1. The monoisotopic (exact) mass is 252 g/mol. The van der Waals surface area contributed by atoms with E-state index in [0.717, 1.165) is 18.9 Å². The Balaban J connectivity index is 2.54. The maximum atomic E-state index is 5.34. The molecule has 0 amide bonds. The van der Waals surface area contributed by atoms with Crippen LogP contribution in [0.2, 0.25) is 0 Å². The Labute approximate surface area is 110 Å². The standard InChI is InChI=1S/C13H24N4O/c1-6-18-12-7-11(15-10-16-12)14-8-13(2,3)9-17(4)5/h7,10H,6,8-9H2,1-5H3,(H,14,15,16). The predicted molar refractivity (Wildman–Crippen MR) is 74.0 cm³/mol. The van der Waals surface area contributed by atoms with Crippen molar-refractivity contribution in [3.8, 4) is 5.88 Å². The van der Waals surface area contributed by atoms with Gasteiger partial charge < -0.3 is 15.0 Å². The molecule has 0 aromatic carbocycles. The summed E-state index contributed by atoms with van der Waals surface area (Å²) in [6.45, 7) is 8.88. The van der Waals surface area contributed by atoms with E-state index in [2.05, 4.69) is 48.1 Å². The molecule has 5 nitrogen and oxygen atoms in total. The first-order valence-electron chi connectivity index (χ1n) is 6.26. The van der Waals surface area contributed by atoms with Crippen molar-refractivity contribution in [2.45, 2.75) is 20.8 Å². The summed E-state index contributed by atoms with van der Waals surface area (Å²) in [5, 5.41) is 3.33. The topological polar surface area (TPSA) is 50.3 Å². The summed E-state index contributed by atoms with van der Waals surface area (Å²) >= 11 is 0. The summed E-state index contributed by atoms with van der Waals surface area (Å²) in [7, 11) is 4.17. The molecule has 0 saturated heterocycles. The number of rotatable bonds is 7. The largest absolute Gasteiger partial charge is 0.478 e. The van der Waals surface area contributed by atoms with Gasteiger partial charge in [-0.15, -0.1) is 0 Å². The van der Waals surface area contributed by atoms with E-state index in [-0.39, 0.29) is 5.41 Å². The highest BCUT2D eigenvalue weighted by Gasteiger charge is 2.18. The fraction of sp³-hybridized carbons (Fsp3) is 0.692. The molecule has 0 atom stereocenters. The number of anilines is 1. The number of hydrogen-bond acceptors (Lipinski definition) is 5. The average Bonchev–Trinajstić information content (AvgIpc) is 2.26. The summed E-state index contributed by atoms with van der Waals surface area (Å²) < 4.78 is 5.34. The van der Waals surface area contributed by atoms with Crippen molar-refractivity contribution in [2.24, 2.45) is 5.41 Å². The first kappa shape index (κ1) is 14.7. The molecule has 18 heavy (non-hydrogen) atoms. The Morgan fingerprint density at radius 1 is 1.33 bits per heavy atom. The van der Waals surface area contributed by atoms with Gasteiger partial charge in [-0.1, -0.05) is 13.8 Å². The molecule has 0 saturated carbocycles. The summed E-state index contributed by atoms with van der Waals surface area (Å²) in [5.41, 5.74) is 0.181. The van der Waals surface area contributed by atoms with Crippen LogP contribution in [-0.2, 0) is 0 Å². The first-order valence-corrected chi connectivity index (χ1v) is 6.26. The van der Waals surface area contributed by atoms with Gasteiger partial charge in [0, 0.05) is 19.2 Å². The normalized spacial score (nSPS) is 11.7. The van der Waals surface area contributed by atoms with Crippen LogP contribution in [0.5, 0.6) is 5.88 Å². The lowest BCUT2D eigenvalue weighted by Gasteiger charge is -2.28. The molecule has 1 heterocycles. The summed E-state index contributed by atoms with van der Waals surface area (Å²) in [6, 6.07) is 1.83. The first-order chi connectivity index (χ1) is 8.43. The minimum absolute atomic E-state index is 0.181. The second-order valence-corrected chi connectivity index (χ2v) is 5.43. The minimum Gasteiger partial charge on any atom is -0.478 e. The maximum absolute atomic E-state index is 5.34. The van der Waals surface area contributed by atoms with E-state index in [1.807, 2.05) is 13.0 Å². The summed E-state index contributed by atoms with van der Waals surface area (Å²) in [4.78, 5) is 10.4. The summed E-state index contributed by atoms with van der Waals surface area (Å²) in [6.07, 6.45) is 1.52. The number of hydrogen-bond donors (Lipinski definition) is 1. The molecule has 0 spiro atoms. The van der Waals surface area contributed by atoms with Gasteiger partial charge >= 0.3 is 0 Å². The third-order valence-corrected chi connectivity index (χ3v) is 2.43. The molecule has 0 radical (unpaired) electrons. The van der Waals surface area contributed by atoms with Crippen LogP contribution in [0.4, 0.5) is 5.82 Å². The van der Waals surface area contributed by atoms with E-state index in [1.54, 1.807) is 0 Å². The Hall–Kier alpha value is -1.36. The fourth-order valence-electron chi connectivity index (χ4n) is 1.90. The van der Waals surface area contributed by atoms with Gasteiger partial charge in [0.05, 0.1) is 6.61 Å². The third-order valence-electron chi connectivity index (χ3n) is 2.43. The molecule has 0 fully saturated rings. The van der Waals surface area contributed by atoms with Crippen LogP contribution in [0.15, 0.2) is 12.4 Å². The quantitative estimate of drug-likeness (QED) is 0.803. The lowest BCUT2D eigenvalue weighted by atomic mass is 9.93. The van der Waals surface area contributed by atoms with Crippen molar-refractivity contribution in [3.05, 3.63) is 12.4 Å².